The normalized spacial score (nSPS) is 15.7. The maximum Gasteiger partial charge on any atom is 0.254 e. The summed E-state index contributed by atoms with van der Waals surface area (Å²) in [5.41, 5.74) is 11.2. The van der Waals surface area contributed by atoms with Crippen LogP contribution in [0.15, 0.2) is 12.3 Å². The van der Waals surface area contributed by atoms with Gasteiger partial charge in [0, 0.05) is 0 Å². The van der Waals surface area contributed by atoms with E-state index in [1.165, 1.54) is 12.3 Å². The van der Waals surface area contributed by atoms with Gasteiger partial charge in [0.1, 0.15) is 11.7 Å². The Balaban J connectivity index is 2.23. The van der Waals surface area contributed by atoms with E-state index < -0.39 is 5.91 Å². The van der Waals surface area contributed by atoms with Gasteiger partial charge in [0.15, 0.2) is 0 Å². The fourth-order valence-corrected chi connectivity index (χ4v) is 1.18. The Morgan fingerprint density at radius 2 is 2.33 bits per heavy atom. The first-order valence-corrected chi connectivity index (χ1v) is 4.46. The zero-order chi connectivity index (χ0) is 10.8. The van der Waals surface area contributed by atoms with Crippen LogP contribution in [-0.2, 0) is 4.74 Å². The fourth-order valence-electron chi connectivity index (χ4n) is 1.18. The molecule has 6 heteroatoms. The standard InChI is InChI=1S/C9H11N3O3/c10-5-1-7(8(11)13)9(12-2-5)15-6-3-14-4-6/h1-2,6H,3-4,10H2,(H2,11,13). The lowest BCUT2D eigenvalue weighted by Crippen LogP contribution is -2.39. The van der Waals surface area contributed by atoms with Gasteiger partial charge < -0.3 is 20.9 Å². The van der Waals surface area contributed by atoms with Crippen LogP contribution in [0, 0.1) is 0 Å². The minimum Gasteiger partial charge on any atom is -0.469 e. The number of nitrogens with two attached hydrogens (primary N) is 2. The molecule has 0 aromatic carbocycles. The summed E-state index contributed by atoms with van der Waals surface area (Å²) in [7, 11) is 0. The van der Waals surface area contributed by atoms with Gasteiger partial charge >= 0.3 is 0 Å². The van der Waals surface area contributed by atoms with E-state index in [1.807, 2.05) is 0 Å². The number of primary amides is 1. The van der Waals surface area contributed by atoms with E-state index in [2.05, 4.69) is 4.98 Å². The second-order valence-electron chi connectivity index (χ2n) is 3.26. The summed E-state index contributed by atoms with van der Waals surface area (Å²) in [5.74, 6) is -0.393. The SMILES string of the molecule is NC(=O)c1cc(N)cnc1OC1COC1. The zero-order valence-electron chi connectivity index (χ0n) is 7.97. The molecule has 80 valence electrons. The first-order valence-electron chi connectivity index (χ1n) is 4.46. The molecule has 2 rings (SSSR count). The minimum atomic E-state index is -0.606. The highest BCUT2D eigenvalue weighted by atomic mass is 16.6. The largest absolute Gasteiger partial charge is 0.469 e. The predicted octanol–water partition coefficient (Wildman–Crippen LogP) is -0.460. The first kappa shape index (κ1) is 9.72. The van der Waals surface area contributed by atoms with Crippen LogP contribution < -0.4 is 16.2 Å². The third kappa shape index (κ3) is 1.99. The molecular weight excluding hydrogens is 198 g/mol. The molecule has 0 bridgehead atoms. The number of aromatic nitrogens is 1. The minimum absolute atomic E-state index is 0.0563. The molecule has 0 saturated carbocycles. The molecule has 1 saturated heterocycles. The molecule has 1 aliphatic heterocycles. The lowest BCUT2D eigenvalue weighted by Gasteiger charge is -2.26. The van der Waals surface area contributed by atoms with Gasteiger partial charge in [-0.15, -0.1) is 0 Å². The second kappa shape index (κ2) is 3.74. The number of nitrogen functional groups attached to an aromatic ring is 1. The van der Waals surface area contributed by atoms with Gasteiger partial charge in [-0.25, -0.2) is 4.98 Å². The van der Waals surface area contributed by atoms with Gasteiger partial charge in [0.25, 0.3) is 5.91 Å². The Bertz CT molecular complexity index is 390. The van der Waals surface area contributed by atoms with E-state index in [4.69, 9.17) is 20.9 Å². The Kier molecular flexibility index (Phi) is 2.42. The Morgan fingerprint density at radius 1 is 1.60 bits per heavy atom. The van der Waals surface area contributed by atoms with Crippen molar-refractivity contribution in [3.8, 4) is 5.88 Å². The summed E-state index contributed by atoms with van der Waals surface area (Å²) in [6.45, 7) is 1.01. The van der Waals surface area contributed by atoms with Crippen LogP contribution in [-0.4, -0.2) is 30.2 Å². The number of rotatable bonds is 3. The van der Waals surface area contributed by atoms with E-state index in [9.17, 15) is 4.79 Å². The molecule has 15 heavy (non-hydrogen) atoms. The van der Waals surface area contributed by atoms with Crippen molar-refractivity contribution in [2.24, 2.45) is 5.73 Å². The number of hydrogen-bond acceptors (Lipinski definition) is 5. The molecule has 0 aliphatic carbocycles. The topological polar surface area (TPSA) is 100 Å². The molecule has 0 radical (unpaired) electrons. The fraction of sp³-hybridized carbons (Fsp3) is 0.333. The van der Waals surface area contributed by atoms with Crippen molar-refractivity contribution in [3.63, 3.8) is 0 Å². The number of nitrogens with zero attached hydrogens (tertiary/aromatic N) is 1. The lowest BCUT2D eigenvalue weighted by molar-refractivity contribution is -0.0815. The van der Waals surface area contributed by atoms with E-state index in [1.54, 1.807) is 0 Å². The molecule has 1 fully saturated rings. The van der Waals surface area contributed by atoms with E-state index >= 15 is 0 Å². The van der Waals surface area contributed by atoms with Gasteiger partial charge in [-0.1, -0.05) is 0 Å². The Morgan fingerprint density at radius 3 is 2.87 bits per heavy atom. The van der Waals surface area contributed by atoms with Crippen molar-refractivity contribution >= 4 is 11.6 Å². The van der Waals surface area contributed by atoms with Crippen LogP contribution >= 0.6 is 0 Å². The molecule has 0 atom stereocenters. The average Bonchev–Trinajstić information content (AvgIpc) is 2.12. The maximum atomic E-state index is 11.1. The predicted molar refractivity (Wildman–Crippen MR) is 52.4 cm³/mol. The maximum absolute atomic E-state index is 11.1. The van der Waals surface area contributed by atoms with Crippen LogP contribution in [0.2, 0.25) is 0 Å². The number of carbonyl (C=O) groups excluding carboxylic acids is 1. The third-order valence-electron chi connectivity index (χ3n) is 2.02. The highest BCUT2D eigenvalue weighted by Crippen LogP contribution is 2.20. The highest BCUT2D eigenvalue weighted by Gasteiger charge is 2.23. The summed E-state index contributed by atoms with van der Waals surface area (Å²) in [6, 6.07) is 1.45. The molecule has 0 spiro atoms. The second-order valence-corrected chi connectivity index (χ2v) is 3.26. The van der Waals surface area contributed by atoms with Crippen molar-refractivity contribution < 1.29 is 14.3 Å². The van der Waals surface area contributed by atoms with E-state index in [0.717, 1.165) is 0 Å². The van der Waals surface area contributed by atoms with Crippen LogP contribution in [0.4, 0.5) is 5.69 Å². The first-order chi connectivity index (χ1) is 7.16. The van der Waals surface area contributed by atoms with E-state index in [-0.39, 0.29) is 17.5 Å². The Hall–Kier alpha value is -1.82. The van der Waals surface area contributed by atoms with Gasteiger partial charge in [0.05, 0.1) is 25.1 Å². The average molecular weight is 209 g/mol. The zero-order valence-corrected chi connectivity index (χ0v) is 7.97. The van der Waals surface area contributed by atoms with Crippen molar-refractivity contribution in [1.82, 2.24) is 4.98 Å². The van der Waals surface area contributed by atoms with Crippen molar-refractivity contribution in [3.05, 3.63) is 17.8 Å². The summed E-state index contributed by atoms with van der Waals surface area (Å²) in [4.78, 5) is 15.0. The number of amides is 1. The number of anilines is 1. The Labute approximate surface area is 86.2 Å². The van der Waals surface area contributed by atoms with Crippen LogP contribution in [0.3, 0.4) is 0 Å². The molecule has 1 amide bonds. The summed E-state index contributed by atoms with van der Waals surface area (Å²) in [6.07, 6.45) is 1.36. The third-order valence-corrected chi connectivity index (χ3v) is 2.02. The smallest absolute Gasteiger partial charge is 0.254 e. The molecule has 2 heterocycles. The number of carbonyl (C=O) groups is 1. The van der Waals surface area contributed by atoms with Gasteiger partial charge in [0.2, 0.25) is 5.88 Å². The molecule has 0 unspecified atom stereocenters. The summed E-state index contributed by atoms with van der Waals surface area (Å²) >= 11 is 0. The van der Waals surface area contributed by atoms with Crippen molar-refractivity contribution in [1.29, 1.82) is 0 Å². The van der Waals surface area contributed by atoms with Crippen molar-refractivity contribution in [2.75, 3.05) is 18.9 Å². The quantitative estimate of drug-likeness (QED) is 0.701. The van der Waals surface area contributed by atoms with Crippen LogP contribution in [0.5, 0.6) is 5.88 Å². The number of hydrogen-bond donors (Lipinski definition) is 2. The highest BCUT2D eigenvalue weighted by molar-refractivity contribution is 5.95. The van der Waals surface area contributed by atoms with Gasteiger partial charge in [-0.2, -0.15) is 0 Å². The van der Waals surface area contributed by atoms with Crippen molar-refractivity contribution in [2.45, 2.75) is 6.10 Å². The molecule has 6 nitrogen and oxygen atoms in total. The number of ether oxygens (including phenoxy) is 2. The summed E-state index contributed by atoms with van der Waals surface area (Å²) in [5, 5.41) is 0. The van der Waals surface area contributed by atoms with Crippen LogP contribution in [0.25, 0.3) is 0 Å². The van der Waals surface area contributed by atoms with Gasteiger partial charge in [-0.3, -0.25) is 4.79 Å². The molecule has 1 aromatic rings. The molecule has 1 aromatic heterocycles. The van der Waals surface area contributed by atoms with E-state index in [0.29, 0.717) is 18.9 Å². The molecule has 1 aliphatic rings. The van der Waals surface area contributed by atoms with Gasteiger partial charge in [-0.05, 0) is 6.07 Å². The van der Waals surface area contributed by atoms with Crippen LogP contribution in [0.1, 0.15) is 10.4 Å². The summed E-state index contributed by atoms with van der Waals surface area (Å²) < 4.78 is 10.3. The monoisotopic (exact) mass is 209 g/mol. The molecule has 4 N–H and O–H groups in total. The molecular formula is C9H11N3O3. The number of pyridine rings is 1. The lowest BCUT2D eigenvalue weighted by atomic mass is 10.2.